The van der Waals surface area contributed by atoms with Crippen molar-refractivity contribution >= 4 is 29.4 Å². The van der Waals surface area contributed by atoms with Crippen molar-refractivity contribution in [2.45, 2.75) is 0 Å². The summed E-state index contributed by atoms with van der Waals surface area (Å²) in [7, 11) is 1.46. The van der Waals surface area contributed by atoms with Crippen LogP contribution in [0.15, 0.2) is 47.6 Å². The van der Waals surface area contributed by atoms with E-state index < -0.39 is 0 Å². The number of hydrazone groups is 1. The van der Waals surface area contributed by atoms with E-state index in [-0.39, 0.29) is 18.2 Å². The molecule has 0 atom stereocenters. The van der Waals surface area contributed by atoms with E-state index in [2.05, 4.69) is 15.8 Å². The number of para-hydroxylation sites is 1. The number of ether oxygens (including phenoxy) is 1. The monoisotopic (exact) mass is 333 g/mol. The van der Waals surface area contributed by atoms with Gasteiger partial charge in [0, 0.05) is 16.3 Å². The van der Waals surface area contributed by atoms with Crippen LogP contribution in [0.25, 0.3) is 0 Å². The van der Waals surface area contributed by atoms with Gasteiger partial charge in [-0.3, -0.25) is 4.79 Å². The van der Waals surface area contributed by atoms with Crippen LogP contribution in [0.4, 0.5) is 5.69 Å². The average molecular weight is 334 g/mol. The molecule has 0 saturated carbocycles. The van der Waals surface area contributed by atoms with Crippen molar-refractivity contribution in [3.63, 3.8) is 0 Å². The van der Waals surface area contributed by atoms with Gasteiger partial charge >= 0.3 is 0 Å². The lowest BCUT2D eigenvalue weighted by molar-refractivity contribution is -0.119. The Morgan fingerprint density at radius 3 is 2.87 bits per heavy atom. The van der Waals surface area contributed by atoms with E-state index in [1.54, 1.807) is 42.5 Å². The lowest BCUT2D eigenvalue weighted by atomic mass is 10.2. The van der Waals surface area contributed by atoms with E-state index in [1.165, 1.54) is 13.3 Å². The average Bonchev–Trinajstić information content (AvgIpc) is 2.54. The first-order valence-electron chi connectivity index (χ1n) is 6.77. The molecule has 1 amide bonds. The number of rotatable bonds is 6. The highest BCUT2D eigenvalue weighted by Crippen LogP contribution is 2.27. The zero-order valence-electron chi connectivity index (χ0n) is 12.4. The standard InChI is InChI=1S/C16H16ClN3O3/c1-23-14-7-2-4-11(16(14)22)9-19-20-15(21)10-18-13-6-3-5-12(17)8-13/h2-9,18,22H,10H2,1H3,(H,20,21)/b19-9-. The molecule has 0 radical (unpaired) electrons. The molecule has 0 fully saturated rings. The summed E-state index contributed by atoms with van der Waals surface area (Å²) in [5, 5.41) is 17.2. The van der Waals surface area contributed by atoms with Gasteiger partial charge in [-0.05, 0) is 30.3 Å². The number of aromatic hydroxyl groups is 1. The maximum atomic E-state index is 11.7. The molecule has 23 heavy (non-hydrogen) atoms. The van der Waals surface area contributed by atoms with Crippen LogP contribution >= 0.6 is 11.6 Å². The molecule has 2 rings (SSSR count). The Balaban J connectivity index is 1.87. The van der Waals surface area contributed by atoms with Gasteiger partial charge in [-0.25, -0.2) is 5.43 Å². The quantitative estimate of drug-likeness (QED) is 0.560. The van der Waals surface area contributed by atoms with Gasteiger partial charge in [-0.1, -0.05) is 23.7 Å². The Bertz CT molecular complexity index is 719. The molecule has 120 valence electrons. The Kier molecular flexibility index (Phi) is 5.82. The number of phenols is 1. The lowest BCUT2D eigenvalue weighted by Crippen LogP contribution is -2.25. The molecule has 6 nitrogen and oxygen atoms in total. The number of halogens is 1. The number of nitrogens with one attached hydrogen (secondary N) is 2. The molecule has 0 aliphatic carbocycles. The smallest absolute Gasteiger partial charge is 0.259 e. The fourth-order valence-electron chi connectivity index (χ4n) is 1.80. The van der Waals surface area contributed by atoms with Crippen LogP contribution in [-0.4, -0.2) is 30.9 Å². The van der Waals surface area contributed by atoms with E-state index in [1.807, 2.05) is 0 Å². The second kappa shape index (κ2) is 8.05. The van der Waals surface area contributed by atoms with Crippen molar-refractivity contribution in [1.29, 1.82) is 0 Å². The highest BCUT2D eigenvalue weighted by Gasteiger charge is 2.05. The second-order valence-corrected chi connectivity index (χ2v) is 4.99. The number of phenolic OH excluding ortho intramolecular Hbond substituents is 1. The minimum Gasteiger partial charge on any atom is -0.504 e. The van der Waals surface area contributed by atoms with Crippen LogP contribution < -0.4 is 15.5 Å². The molecule has 2 aromatic carbocycles. The molecule has 0 aromatic heterocycles. The van der Waals surface area contributed by atoms with Crippen LogP contribution in [0.5, 0.6) is 11.5 Å². The number of methoxy groups -OCH3 is 1. The Hall–Kier alpha value is -2.73. The first-order valence-corrected chi connectivity index (χ1v) is 7.15. The topological polar surface area (TPSA) is 83.0 Å². The van der Waals surface area contributed by atoms with E-state index >= 15 is 0 Å². The van der Waals surface area contributed by atoms with Crippen LogP contribution in [0.3, 0.4) is 0 Å². The number of amides is 1. The Morgan fingerprint density at radius 2 is 2.13 bits per heavy atom. The molecule has 0 unspecified atom stereocenters. The molecule has 0 spiro atoms. The summed E-state index contributed by atoms with van der Waals surface area (Å²) in [5.41, 5.74) is 3.54. The van der Waals surface area contributed by atoms with Gasteiger partial charge in [0.25, 0.3) is 5.91 Å². The lowest BCUT2D eigenvalue weighted by Gasteiger charge is -2.06. The van der Waals surface area contributed by atoms with Crippen molar-refractivity contribution in [3.8, 4) is 11.5 Å². The van der Waals surface area contributed by atoms with Gasteiger partial charge in [0.05, 0.1) is 19.9 Å². The number of benzene rings is 2. The minimum atomic E-state index is -0.330. The number of hydrogen-bond acceptors (Lipinski definition) is 5. The molecular formula is C16H16ClN3O3. The van der Waals surface area contributed by atoms with Crippen molar-refractivity contribution in [2.75, 3.05) is 19.0 Å². The predicted molar refractivity (Wildman–Crippen MR) is 90.3 cm³/mol. The van der Waals surface area contributed by atoms with Gasteiger partial charge in [0.2, 0.25) is 0 Å². The number of carbonyl (C=O) groups is 1. The highest BCUT2D eigenvalue weighted by molar-refractivity contribution is 6.30. The van der Waals surface area contributed by atoms with E-state index in [4.69, 9.17) is 16.3 Å². The molecule has 0 saturated heterocycles. The molecule has 0 aliphatic heterocycles. The zero-order valence-corrected chi connectivity index (χ0v) is 13.2. The van der Waals surface area contributed by atoms with Gasteiger partial charge in [0.15, 0.2) is 11.5 Å². The first kappa shape index (κ1) is 16.6. The van der Waals surface area contributed by atoms with Gasteiger partial charge < -0.3 is 15.2 Å². The van der Waals surface area contributed by atoms with Crippen LogP contribution in [-0.2, 0) is 4.79 Å². The van der Waals surface area contributed by atoms with Crippen LogP contribution in [0.2, 0.25) is 5.02 Å². The fraction of sp³-hybridized carbons (Fsp3) is 0.125. The minimum absolute atomic E-state index is 0.0370. The van der Waals surface area contributed by atoms with E-state index in [0.29, 0.717) is 16.3 Å². The van der Waals surface area contributed by atoms with Crippen LogP contribution in [0.1, 0.15) is 5.56 Å². The maximum absolute atomic E-state index is 11.7. The third kappa shape index (κ3) is 4.89. The van der Waals surface area contributed by atoms with E-state index in [0.717, 1.165) is 5.69 Å². The summed E-state index contributed by atoms with van der Waals surface area (Å²) in [6.07, 6.45) is 1.34. The molecule has 7 heteroatoms. The Morgan fingerprint density at radius 1 is 1.35 bits per heavy atom. The number of nitrogens with zero attached hydrogens (tertiary/aromatic N) is 1. The molecule has 3 N–H and O–H groups in total. The summed E-state index contributed by atoms with van der Waals surface area (Å²) >= 11 is 5.85. The molecule has 2 aromatic rings. The normalized spacial score (nSPS) is 10.5. The fourth-order valence-corrected chi connectivity index (χ4v) is 1.99. The number of carbonyl (C=O) groups excluding carboxylic acids is 1. The predicted octanol–water partition coefficient (Wildman–Crippen LogP) is 2.62. The second-order valence-electron chi connectivity index (χ2n) is 4.56. The number of hydrogen-bond donors (Lipinski definition) is 3. The third-order valence-corrected chi connectivity index (χ3v) is 3.16. The van der Waals surface area contributed by atoms with Crippen molar-refractivity contribution < 1.29 is 14.6 Å². The van der Waals surface area contributed by atoms with Crippen molar-refractivity contribution in [2.24, 2.45) is 5.10 Å². The number of anilines is 1. The summed E-state index contributed by atoms with van der Waals surface area (Å²) < 4.78 is 4.99. The van der Waals surface area contributed by atoms with Crippen molar-refractivity contribution in [1.82, 2.24) is 5.43 Å². The van der Waals surface area contributed by atoms with Gasteiger partial charge in [-0.15, -0.1) is 0 Å². The largest absolute Gasteiger partial charge is 0.504 e. The zero-order chi connectivity index (χ0) is 16.7. The summed E-state index contributed by atoms with van der Waals surface area (Å²) in [4.78, 5) is 11.7. The van der Waals surface area contributed by atoms with Crippen molar-refractivity contribution in [3.05, 3.63) is 53.1 Å². The molecule has 0 bridgehead atoms. The third-order valence-electron chi connectivity index (χ3n) is 2.92. The van der Waals surface area contributed by atoms with Gasteiger partial charge in [0.1, 0.15) is 0 Å². The molecule has 0 aliphatic rings. The molecule has 0 heterocycles. The van der Waals surface area contributed by atoms with E-state index in [9.17, 15) is 9.90 Å². The summed E-state index contributed by atoms with van der Waals surface area (Å²) in [6, 6.07) is 12.0. The Labute approximate surface area is 138 Å². The summed E-state index contributed by atoms with van der Waals surface area (Å²) in [6.45, 7) is 0.0434. The highest BCUT2D eigenvalue weighted by atomic mass is 35.5. The first-order chi connectivity index (χ1) is 11.1. The van der Waals surface area contributed by atoms with Gasteiger partial charge in [-0.2, -0.15) is 5.10 Å². The maximum Gasteiger partial charge on any atom is 0.259 e. The summed E-state index contributed by atoms with van der Waals surface area (Å²) in [5.74, 6) is -0.0310. The van der Waals surface area contributed by atoms with Crippen LogP contribution in [0, 0.1) is 0 Å². The SMILES string of the molecule is COc1cccc(/C=N\NC(=O)CNc2cccc(Cl)c2)c1O. The molecular weight excluding hydrogens is 318 g/mol.